The van der Waals surface area contributed by atoms with Crippen molar-refractivity contribution in [3.63, 3.8) is 0 Å². The molecular formula is C30H32N2O3S. The summed E-state index contributed by atoms with van der Waals surface area (Å²) in [6.45, 7) is 8.52. The predicted molar refractivity (Wildman–Crippen MR) is 147 cm³/mol. The Hall–Kier alpha value is -3.35. The number of aryl methyl sites for hydroxylation is 2. The Morgan fingerprint density at radius 2 is 1.83 bits per heavy atom. The molecule has 0 spiro atoms. The van der Waals surface area contributed by atoms with Crippen molar-refractivity contribution in [2.75, 3.05) is 24.7 Å². The van der Waals surface area contributed by atoms with Crippen LogP contribution in [-0.2, 0) is 16.1 Å². The number of hydrogen-bond acceptors (Lipinski definition) is 4. The number of anilines is 1. The molecule has 6 heteroatoms. The highest BCUT2D eigenvalue weighted by Crippen LogP contribution is 2.42. The van der Waals surface area contributed by atoms with E-state index in [0.29, 0.717) is 36.8 Å². The normalized spacial score (nSPS) is 14.1. The lowest BCUT2D eigenvalue weighted by Gasteiger charge is -2.31. The van der Waals surface area contributed by atoms with Crippen LogP contribution in [0.25, 0.3) is 6.08 Å². The van der Waals surface area contributed by atoms with Crippen LogP contribution in [0.3, 0.4) is 0 Å². The smallest absolute Gasteiger partial charge is 0.265 e. The zero-order chi connectivity index (χ0) is 25.5. The Morgan fingerprint density at radius 1 is 1.06 bits per heavy atom. The number of thioether (sulfide) groups is 1. The minimum absolute atomic E-state index is 0.0178. The van der Waals surface area contributed by atoms with E-state index in [2.05, 4.69) is 43.4 Å². The molecule has 0 fully saturated rings. The van der Waals surface area contributed by atoms with Gasteiger partial charge in [-0.1, -0.05) is 59.8 Å². The molecule has 0 saturated heterocycles. The van der Waals surface area contributed by atoms with E-state index in [0.717, 1.165) is 28.1 Å². The van der Waals surface area contributed by atoms with Crippen LogP contribution in [-0.4, -0.2) is 31.6 Å². The molecule has 1 N–H and O–H groups in total. The fraction of sp³-hybridized carbons (Fsp3) is 0.267. The molecule has 36 heavy (non-hydrogen) atoms. The SMILES string of the molecule is CCOCCCNC(=O)c1ccc(/C=C2/Sc3ccccc3N(Cc3cc(C)ccc3C)C2=O)cc1. The number of ether oxygens (including phenoxy) is 1. The average Bonchev–Trinajstić information content (AvgIpc) is 2.88. The van der Waals surface area contributed by atoms with Gasteiger partial charge in [-0.05, 0) is 74.2 Å². The third-order valence-electron chi connectivity index (χ3n) is 6.09. The topological polar surface area (TPSA) is 58.6 Å². The average molecular weight is 501 g/mol. The Morgan fingerprint density at radius 3 is 2.61 bits per heavy atom. The van der Waals surface area contributed by atoms with Crippen molar-refractivity contribution in [3.8, 4) is 0 Å². The number of fused-ring (bicyclic) bond motifs is 1. The van der Waals surface area contributed by atoms with Crippen LogP contribution >= 0.6 is 11.8 Å². The van der Waals surface area contributed by atoms with Gasteiger partial charge in [0, 0.05) is 30.2 Å². The van der Waals surface area contributed by atoms with Gasteiger partial charge in [-0.15, -0.1) is 0 Å². The van der Waals surface area contributed by atoms with Gasteiger partial charge in [0.25, 0.3) is 11.8 Å². The minimum Gasteiger partial charge on any atom is -0.382 e. The third-order valence-corrected chi connectivity index (χ3v) is 7.17. The first-order valence-electron chi connectivity index (χ1n) is 12.3. The minimum atomic E-state index is -0.109. The van der Waals surface area contributed by atoms with Crippen molar-refractivity contribution in [2.45, 2.75) is 38.6 Å². The number of amides is 2. The van der Waals surface area contributed by atoms with Gasteiger partial charge in [-0.25, -0.2) is 0 Å². The van der Waals surface area contributed by atoms with Gasteiger partial charge in [-0.2, -0.15) is 0 Å². The number of benzene rings is 3. The molecule has 0 bridgehead atoms. The van der Waals surface area contributed by atoms with Crippen molar-refractivity contribution in [3.05, 3.63) is 99.5 Å². The lowest BCUT2D eigenvalue weighted by Crippen LogP contribution is -2.34. The summed E-state index contributed by atoms with van der Waals surface area (Å²) in [5, 5.41) is 2.91. The van der Waals surface area contributed by atoms with Gasteiger partial charge in [0.05, 0.1) is 17.1 Å². The maximum Gasteiger partial charge on any atom is 0.265 e. The first-order valence-corrected chi connectivity index (χ1v) is 13.1. The third kappa shape index (κ3) is 6.25. The zero-order valence-electron chi connectivity index (χ0n) is 21.0. The van der Waals surface area contributed by atoms with Crippen LogP contribution in [0.2, 0.25) is 0 Å². The van der Waals surface area contributed by atoms with Crippen molar-refractivity contribution in [1.29, 1.82) is 0 Å². The highest BCUT2D eigenvalue weighted by Gasteiger charge is 2.29. The number of rotatable bonds is 9. The Kier molecular flexibility index (Phi) is 8.62. The number of carbonyl (C=O) groups is 2. The van der Waals surface area contributed by atoms with Crippen LogP contribution in [0.4, 0.5) is 5.69 Å². The summed E-state index contributed by atoms with van der Waals surface area (Å²) in [6, 6.07) is 21.7. The molecule has 3 aromatic carbocycles. The molecule has 0 atom stereocenters. The van der Waals surface area contributed by atoms with Crippen molar-refractivity contribution in [1.82, 2.24) is 5.32 Å². The Bertz CT molecular complexity index is 1270. The largest absolute Gasteiger partial charge is 0.382 e. The lowest BCUT2D eigenvalue weighted by atomic mass is 10.0. The molecule has 0 radical (unpaired) electrons. The highest BCUT2D eigenvalue weighted by atomic mass is 32.2. The maximum absolute atomic E-state index is 13.6. The van der Waals surface area contributed by atoms with Gasteiger partial charge in [0.1, 0.15) is 0 Å². The van der Waals surface area contributed by atoms with Crippen LogP contribution in [0.1, 0.15) is 46.0 Å². The number of nitrogens with one attached hydrogen (secondary N) is 1. The second-order valence-electron chi connectivity index (χ2n) is 8.83. The summed E-state index contributed by atoms with van der Waals surface area (Å²) in [5.74, 6) is -0.127. The van der Waals surface area contributed by atoms with Crippen molar-refractivity contribution < 1.29 is 14.3 Å². The van der Waals surface area contributed by atoms with Gasteiger partial charge in [-0.3, -0.25) is 9.59 Å². The summed E-state index contributed by atoms with van der Waals surface area (Å²) in [6.07, 6.45) is 2.69. The van der Waals surface area contributed by atoms with Crippen molar-refractivity contribution in [2.24, 2.45) is 0 Å². The van der Waals surface area contributed by atoms with E-state index in [1.54, 1.807) is 12.1 Å². The summed E-state index contributed by atoms with van der Waals surface area (Å²) >= 11 is 1.49. The van der Waals surface area contributed by atoms with Crippen LogP contribution in [0.5, 0.6) is 0 Å². The molecule has 0 aromatic heterocycles. The quantitative estimate of drug-likeness (QED) is 0.283. The van der Waals surface area contributed by atoms with Crippen LogP contribution in [0, 0.1) is 13.8 Å². The highest BCUT2D eigenvalue weighted by molar-refractivity contribution is 8.04. The molecule has 0 unspecified atom stereocenters. The first kappa shape index (κ1) is 25.7. The molecule has 186 valence electrons. The van der Waals surface area contributed by atoms with Crippen LogP contribution in [0.15, 0.2) is 76.5 Å². The summed E-state index contributed by atoms with van der Waals surface area (Å²) in [5.41, 5.74) is 5.89. The van der Waals surface area contributed by atoms with Gasteiger partial charge < -0.3 is 15.0 Å². The molecule has 1 aliphatic heterocycles. The molecule has 3 aromatic rings. The second kappa shape index (κ2) is 12.1. The molecule has 1 heterocycles. The van der Waals surface area contributed by atoms with E-state index in [1.165, 1.54) is 22.9 Å². The molecule has 0 aliphatic carbocycles. The summed E-state index contributed by atoms with van der Waals surface area (Å²) in [7, 11) is 0. The van der Waals surface area contributed by atoms with Gasteiger partial charge in [0.15, 0.2) is 0 Å². The Labute approximate surface area is 217 Å². The molecule has 5 nitrogen and oxygen atoms in total. The van der Waals surface area contributed by atoms with Gasteiger partial charge in [0.2, 0.25) is 0 Å². The second-order valence-corrected chi connectivity index (χ2v) is 9.91. The van der Waals surface area contributed by atoms with E-state index < -0.39 is 0 Å². The molecular weight excluding hydrogens is 468 g/mol. The number of para-hydroxylation sites is 1. The number of nitrogens with zero attached hydrogens (tertiary/aromatic N) is 1. The molecule has 4 rings (SSSR count). The fourth-order valence-electron chi connectivity index (χ4n) is 4.06. The zero-order valence-corrected chi connectivity index (χ0v) is 21.9. The van der Waals surface area contributed by atoms with Crippen LogP contribution < -0.4 is 10.2 Å². The first-order chi connectivity index (χ1) is 17.5. The maximum atomic E-state index is 13.6. The molecule has 2 amide bonds. The van der Waals surface area contributed by atoms with E-state index in [4.69, 9.17) is 4.74 Å². The van der Waals surface area contributed by atoms with Gasteiger partial charge >= 0.3 is 0 Å². The van der Waals surface area contributed by atoms with E-state index in [9.17, 15) is 9.59 Å². The molecule has 0 saturated carbocycles. The van der Waals surface area contributed by atoms with Crippen molar-refractivity contribution >= 4 is 35.3 Å². The predicted octanol–water partition coefficient (Wildman–Crippen LogP) is 6.14. The fourth-order valence-corrected chi connectivity index (χ4v) is 5.12. The van der Waals surface area contributed by atoms with E-state index in [-0.39, 0.29) is 11.8 Å². The number of hydrogen-bond donors (Lipinski definition) is 1. The standard InChI is InChI=1S/C30H32N2O3S/c1-4-35-17-7-16-31-29(33)24-14-12-23(13-15-24)19-28-30(34)32(26-8-5-6-9-27(26)36-28)20-25-18-21(2)10-11-22(25)3/h5-6,8-15,18-19H,4,7,16-17,20H2,1-3H3,(H,31,33)/b28-19+. The molecule has 1 aliphatic rings. The lowest BCUT2D eigenvalue weighted by molar-refractivity contribution is -0.114. The summed E-state index contributed by atoms with van der Waals surface area (Å²) < 4.78 is 5.30. The van der Waals surface area contributed by atoms with E-state index in [1.807, 2.05) is 48.2 Å². The monoisotopic (exact) mass is 500 g/mol. The van der Waals surface area contributed by atoms with E-state index >= 15 is 0 Å². The summed E-state index contributed by atoms with van der Waals surface area (Å²) in [4.78, 5) is 29.6. The Balaban J connectivity index is 1.52. The number of carbonyl (C=O) groups excluding carboxylic acids is 2.